The lowest BCUT2D eigenvalue weighted by Gasteiger charge is -2.42. The number of fused-ring (bicyclic) bond motifs is 1. The first-order valence-corrected chi connectivity index (χ1v) is 10.7. The van der Waals surface area contributed by atoms with Crippen LogP contribution in [0, 0.1) is 0 Å². The average Bonchev–Trinajstić information content (AvgIpc) is 2.74. The average molecular weight is 399 g/mol. The zero-order valence-corrected chi connectivity index (χ0v) is 18.3. The van der Waals surface area contributed by atoms with Gasteiger partial charge in [0.2, 0.25) is 0 Å². The molecular weight excluding hydrogens is 368 g/mol. The Labute approximate surface area is 179 Å². The van der Waals surface area contributed by atoms with Crippen molar-refractivity contribution in [3.05, 3.63) is 100 Å². The molecule has 0 bridgehead atoms. The maximum absolute atomic E-state index is 11.1. The number of aldehydes is 1. The van der Waals surface area contributed by atoms with Crippen LogP contribution < -0.4 is 0 Å². The molecule has 2 nitrogen and oxygen atoms in total. The zero-order valence-electron chi connectivity index (χ0n) is 18.3. The highest BCUT2D eigenvalue weighted by molar-refractivity contribution is 5.74. The Kier molecular flexibility index (Phi) is 5.05. The molecule has 0 saturated heterocycles. The summed E-state index contributed by atoms with van der Waals surface area (Å²) < 4.78 is 0. The normalized spacial score (nSPS) is 17.7. The number of hydrogen-bond acceptors (Lipinski definition) is 2. The zero-order chi connectivity index (χ0) is 21.5. The molecule has 0 radical (unpaired) electrons. The van der Waals surface area contributed by atoms with Crippen molar-refractivity contribution < 1.29 is 9.90 Å². The third-order valence-corrected chi connectivity index (χ3v) is 6.84. The van der Waals surface area contributed by atoms with Gasteiger partial charge in [0.1, 0.15) is 12.0 Å². The van der Waals surface area contributed by atoms with E-state index in [0.717, 1.165) is 17.4 Å². The molecule has 1 unspecified atom stereocenters. The monoisotopic (exact) mass is 398 g/mol. The van der Waals surface area contributed by atoms with E-state index in [1.807, 2.05) is 36.4 Å². The van der Waals surface area contributed by atoms with E-state index in [-0.39, 0.29) is 22.5 Å². The molecule has 1 aliphatic carbocycles. The molecule has 2 heteroatoms. The molecule has 0 saturated carbocycles. The summed E-state index contributed by atoms with van der Waals surface area (Å²) in [5, 5.41) is 9.79. The summed E-state index contributed by atoms with van der Waals surface area (Å²) in [5.74, 6) is 0.305. The number of benzene rings is 3. The molecule has 0 heterocycles. The van der Waals surface area contributed by atoms with E-state index in [4.69, 9.17) is 0 Å². The Morgan fingerprint density at radius 3 is 1.80 bits per heavy atom. The molecule has 1 N–H and O–H groups in total. The van der Waals surface area contributed by atoms with Crippen LogP contribution >= 0.6 is 0 Å². The molecule has 154 valence electrons. The van der Waals surface area contributed by atoms with Crippen molar-refractivity contribution in [2.24, 2.45) is 0 Å². The summed E-state index contributed by atoms with van der Waals surface area (Å²) in [6.45, 7) is 9.38. The molecule has 1 atom stereocenters. The van der Waals surface area contributed by atoms with Crippen LogP contribution in [0.4, 0.5) is 0 Å². The Morgan fingerprint density at radius 1 is 0.733 bits per heavy atom. The van der Waals surface area contributed by atoms with Gasteiger partial charge in [0.15, 0.2) is 0 Å². The minimum Gasteiger partial charge on any atom is -0.508 e. The van der Waals surface area contributed by atoms with Gasteiger partial charge in [-0.3, -0.25) is 4.79 Å². The van der Waals surface area contributed by atoms with Crippen molar-refractivity contribution in [1.82, 2.24) is 0 Å². The maximum atomic E-state index is 11.1. The van der Waals surface area contributed by atoms with Crippen LogP contribution in [-0.2, 0) is 10.8 Å². The molecule has 3 aromatic carbocycles. The van der Waals surface area contributed by atoms with E-state index in [1.54, 1.807) is 12.1 Å². The Bertz CT molecular complexity index is 1060. The Hall–Kier alpha value is -2.87. The number of phenols is 1. The molecule has 30 heavy (non-hydrogen) atoms. The van der Waals surface area contributed by atoms with Crippen molar-refractivity contribution in [1.29, 1.82) is 0 Å². The highest BCUT2D eigenvalue weighted by atomic mass is 16.3. The van der Waals surface area contributed by atoms with Gasteiger partial charge in [0.25, 0.3) is 0 Å². The molecule has 0 fully saturated rings. The first-order valence-electron chi connectivity index (χ1n) is 10.7. The van der Waals surface area contributed by atoms with Gasteiger partial charge < -0.3 is 5.11 Å². The number of carbonyl (C=O) groups is 1. The Morgan fingerprint density at radius 2 is 1.23 bits per heavy atom. The smallest absolute Gasteiger partial charge is 0.150 e. The molecule has 0 spiro atoms. The van der Waals surface area contributed by atoms with Gasteiger partial charge in [-0.25, -0.2) is 0 Å². The van der Waals surface area contributed by atoms with E-state index in [0.29, 0.717) is 5.56 Å². The summed E-state index contributed by atoms with van der Waals surface area (Å²) >= 11 is 0. The molecule has 0 aromatic heterocycles. The molecule has 0 amide bonds. The lowest BCUT2D eigenvalue weighted by atomic mass is 9.62. The maximum Gasteiger partial charge on any atom is 0.150 e. The van der Waals surface area contributed by atoms with Crippen molar-refractivity contribution in [3.63, 3.8) is 0 Å². The fraction of sp³-hybridized carbons (Fsp3) is 0.321. The lowest BCUT2D eigenvalue weighted by molar-refractivity contribution is 0.112. The summed E-state index contributed by atoms with van der Waals surface area (Å²) in [7, 11) is 0. The molecule has 1 aliphatic rings. The number of hydrogen-bond donors (Lipinski definition) is 1. The van der Waals surface area contributed by atoms with Crippen molar-refractivity contribution >= 4 is 6.29 Å². The summed E-state index contributed by atoms with van der Waals surface area (Å²) in [4.78, 5) is 11.1. The molecule has 3 aromatic rings. The molecular formula is C28H30O2. The van der Waals surface area contributed by atoms with Gasteiger partial charge in [-0.1, -0.05) is 82.3 Å². The first kappa shape index (κ1) is 20.4. The van der Waals surface area contributed by atoms with Crippen LogP contribution in [0.25, 0.3) is 0 Å². The topological polar surface area (TPSA) is 37.3 Å². The van der Waals surface area contributed by atoms with E-state index >= 15 is 0 Å². The van der Waals surface area contributed by atoms with Gasteiger partial charge in [-0.15, -0.1) is 0 Å². The van der Waals surface area contributed by atoms with Gasteiger partial charge in [-0.2, -0.15) is 0 Å². The van der Waals surface area contributed by atoms with Gasteiger partial charge in [-0.05, 0) is 63.6 Å². The quantitative estimate of drug-likeness (QED) is 0.390. The summed E-state index contributed by atoms with van der Waals surface area (Å²) in [6, 6.07) is 22.3. The van der Waals surface area contributed by atoms with Gasteiger partial charge in [0.05, 0.1) is 0 Å². The van der Waals surface area contributed by atoms with E-state index in [9.17, 15) is 9.90 Å². The van der Waals surface area contributed by atoms with Gasteiger partial charge in [0, 0.05) is 11.5 Å². The minimum absolute atomic E-state index is 0.0393. The second kappa shape index (κ2) is 7.43. The fourth-order valence-corrected chi connectivity index (χ4v) is 4.80. The number of aromatic hydroxyl groups is 1. The third-order valence-electron chi connectivity index (χ3n) is 6.84. The number of rotatable bonds is 4. The molecule has 0 aliphatic heterocycles. The predicted molar refractivity (Wildman–Crippen MR) is 123 cm³/mol. The standard InChI is InChI=1S/C28H30O2/c1-27(2)15-16-28(3,4)25-17-22(11-14-24(25)27)26(21-9-12-23(30)13-10-21)20-7-5-19(18-29)6-8-20/h5-14,17-18,26,30H,15-16H2,1-4H3. The number of carbonyl (C=O) groups excluding carboxylic acids is 1. The first-order chi connectivity index (χ1) is 14.2. The van der Waals surface area contributed by atoms with E-state index < -0.39 is 0 Å². The second-order valence-corrected chi connectivity index (χ2v) is 9.88. The lowest BCUT2D eigenvalue weighted by Crippen LogP contribution is -2.34. The Balaban J connectivity index is 1.89. The minimum atomic E-state index is 0.0393. The van der Waals surface area contributed by atoms with Crippen molar-refractivity contribution in [3.8, 4) is 5.75 Å². The fourth-order valence-electron chi connectivity index (χ4n) is 4.80. The van der Waals surface area contributed by atoms with Crippen LogP contribution in [0.15, 0.2) is 66.7 Å². The van der Waals surface area contributed by atoms with E-state index in [1.165, 1.54) is 29.5 Å². The third kappa shape index (κ3) is 3.67. The predicted octanol–water partition coefficient (Wildman–Crippen LogP) is 6.73. The van der Waals surface area contributed by atoms with Gasteiger partial charge >= 0.3 is 0 Å². The highest BCUT2D eigenvalue weighted by Gasteiger charge is 2.37. The molecule has 4 rings (SSSR count). The van der Waals surface area contributed by atoms with Crippen LogP contribution in [-0.4, -0.2) is 11.4 Å². The summed E-state index contributed by atoms with van der Waals surface area (Å²) in [5.41, 5.74) is 7.39. The SMILES string of the molecule is CC1(C)CCC(C)(C)c2cc(C(c3ccc(O)cc3)c3ccc(C=O)cc3)ccc21. The largest absolute Gasteiger partial charge is 0.508 e. The van der Waals surface area contributed by atoms with Crippen LogP contribution in [0.2, 0.25) is 0 Å². The summed E-state index contributed by atoms with van der Waals surface area (Å²) in [6.07, 6.45) is 3.25. The van der Waals surface area contributed by atoms with Crippen molar-refractivity contribution in [2.75, 3.05) is 0 Å². The van der Waals surface area contributed by atoms with E-state index in [2.05, 4.69) is 45.9 Å². The highest BCUT2D eigenvalue weighted by Crippen LogP contribution is 2.47. The van der Waals surface area contributed by atoms with Crippen LogP contribution in [0.3, 0.4) is 0 Å². The van der Waals surface area contributed by atoms with Crippen LogP contribution in [0.1, 0.15) is 84.6 Å². The number of phenolic OH excluding ortho intramolecular Hbond substituents is 1. The van der Waals surface area contributed by atoms with Crippen molar-refractivity contribution in [2.45, 2.75) is 57.3 Å². The second-order valence-electron chi connectivity index (χ2n) is 9.88. The van der Waals surface area contributed by atoms with Crippen LogP contribution in [0.5, 0.6) is 5.75 Å².